The van der Waals surface area contributed by atoms with E-state index in [1.54, 1.807) is 0 Å². The summed E-state index contributed by atoms with van der Waals surface area (Å²) in [5.41, 5.74) is 2.29. The summed E-state index contributed by atoms with van der Waals surface area (Å²) in [5, 5.41) is 3.82. The van der Waals surface area contributed by atoms with Crippen LogP contribution in [0.5, 0.6) is 11.5 Å². The second kappa shape index (κ2) is 11.8. The quantitative estimate of drug-likeness (QED) is 0.236. The normalized spacial score (nSPS) is 37.3. The van der Waals surface area contributed by atoms with Crippen LogP contribution in [0.25, 0.3) is 0 Å². The molecule has 2 heterocycles. The maximum absolute atomic E-state index is 12.7. The molecule has 41 heavy (non-hydrogen) atoms. The summed E-state index contributed by atoms with van der Waals surface area (Å²) in [6.07, 6.45) is 15.3. The third kappa shape index (κ3) is 5.68. The fraction of sp³-hybridized carbons (Fsp3) is 0.800. The van der Waals surface area contributed by atoms with Gasteiger partial charge in [0.1, 0.15) is 19.3 Å². The Hall–Kier alpha value is -1.69. The molecule has 6 heteroatoms. The van der Waals surface area contributed by atoms with Crippen molar-refractivity contribution in [2.24, 2.45) is 46.3 Å². The highest BCUT2D eigenvalue weighted by Crippen LogP contribution is 2.67. The molecule has 3 fully saturated rings. The van der Waals surface area contributed by atoms with Gasteiger partial charge in [-0.3, -0.25) is 0 Å². The maximum atomic E-state index is 12.7. The topological polar surface area (TPSA) is 54.0 Å². The molecule has 0 spiro atoms. The first-order valence-electron chi connectivity index (χ1n) is 16.6. The van der Waals surface area contributed by atoms with Gasteiger partial charge >= 0.3 is 6.16 Å². The molecule has 0 radical (unpaired) electrons. The monoisotopic (exact) mass is 584 g/mol. The van der Waals surface area contributed by atoms with Gasteiger partial charge in [0.15, 0.2) is 17.6 Å². The number of fused-ring (bicyclic) bond motifs is 6. The van der Waals surface area contributed by atoms with E-state index in [1.165, 1.54) is 68.3 Å². The van der Waals surface area contributed by atoms with Gasteiger partial charge in [-0.05, 0) is 91.3 Å². The number of carbonyl (C=O) groups is 1. The van der Waals surface area contributed by atoms with Crippen molar-refractivity contribution in [2.45, 2.75) is 117 Å². The highest BCUT2D eigenvalue weighted by atomic mass is 32.1. The first-order valence-corrected chi connectivity index (χ1v) is 17.5. The van der Waals surface area contributed by atoms with E-state index in [4.69, 9.17) is 18.9 Å². The number of allylic oxidation sites excluding steroid dienone is 1. The van der Waals surface area contributed by atoms with E-state index in [9.17, 15) is 4.79 Å². The number of rotatable bonds is 7. The van der Waals surface area contributed by atoms with E-state index in [0.29, 0.717) is 5.41 Å². The SMILES string of the molecule is CC(C)CCC[C@@H](C)[C@H]1CCC2C3CC=C4C[C@@H](OC(=O)OC5COc6cscc6OC5)CC[C@]4(C)C3CC[C@@]21C. The molecule has 6 rings (SSSR count). The first-order chi connectivity index (χ1) is 19.7. The van der Waals surface area contributed by atoms with Gasteiger partial charge in [0.25, 0.3) is 0 Å². The smallest absolute Gasteiger partial charge is 0.485 e. The molecule has 3 unspecified atom stereocenters. The molecule has 3 saturated carbocycles. The standard InChI is InChI=1S/C35H52O5S/c1-22(2)7-6-8-23(3)28-11-12-29-27-10-9-24-17-25(13-15-34(24,4)30(27)14-16-35(28,29)5)39-33(36)40-26-18-37-31-20-41-21-32(31)38-19-26/h9,20-23,25-30H,6-8,10-19H2,1-5H3/t23-,25+,27?,28-,29?,30?,34+,35-/m1/s1. The third-order valence-corrected chi connectivity index (χ3v) is 12.9. The van der Waals surface area contributed by atoms with Gasteiger partial charge in [-0.2, -0.15) is 0 Å². The molecule has 5 aliphatic rings. The predicted octanol–water partition coefficient (Wildman–Crippen LogP) is 9.45. The van der Waals surface area contributed by atoms with E-state index < -0.39 is 12.3 Å². The third-order valence-electron chi connectivity index (χ3n) is 12.2. The van der Waals surface area contributed by atoms with E-state index in [-0.39, 0.29) is 24.7 Å². The van der Waals surface area contributed by atoms with Crippen LogP contribution < -0.4 is 9.47 Å². The van der Waals surface area contributed by atoms with Crippen LogP contribution in [-0.4, -0.2) is 31.6 Å². The minimum atomic E-state index is -0.595. The summed E-state index contributed by atoms with van der Waals surface area (Å²) in [7, 11) is 0. The zero-order valence-electron chi connectivity index (χ0n) is 26.0. The number of ether oxygens (including phenoxy) is 4. The van der Waals surface area contributed by atoms with E-state index in [1.807, 2.05) is 10.8 Å². The van der Waals surface area contributed by atoms with Gasteiger partial charge in [0.05, 0.1) is 0 Å². The molecule has 1 aliphatic heterocycles. The second-order valence-electron chi connectivity index (χ2n) is 15.0. The number of thiophene rings is 1. The lowest BCUT2D eigenvalue weighted by Crippen LogP contribution is -2.51. The molecule has 8 atom stereocenters. The van der Waals surface area contributed by atoms with E-state index in [2.05, 4.69) is 40.7 Å². The summed E-state index contributed by atoms with van der Waals surface area (Å²) in [6, 6.07) is 0. The van der Waals surface area contributed by atoms with E-state index >= 15 is 0 Å². The van der Waals surface area contributed by atoms with Crippen LogP contribution in [0.4, 0.5) is 4.79 Å². The van der Waals surface area contributed by atoms with Crippen LogP contribution in [0.1, 0.15) is 105 Å². The lowest BCUT2D eigenvalue weighted by Gasteiger charge is -2.58. The molecular formula is C35H52O5S. The largest absolute Gasteiger partial charge is 0.509 e. The molecule has 228 valence electrons. The highest BCUT2D eigenvalue weighted by molar-refractivity contribution is 7.08. The van der Waals surface area contributed by atoms with Crippen molar-refractivity contribution < 1.29 is 23.7 Å². The van der Waals surface area contributed by atoms with Crippen molar-refractivity contribution in [3.63, 3.8) is 0 Å². The van der Waals surface area contributed by atoms with Crippen molar-refractivity contribution in [3.05, 3.63) is 22.4 Å². The van der Waals surface area contributed by atoms with Gasteiger partial charge < -0.3 is 18.9 Å². The van der Waals surface area contributed by atoms with Crippen LogP contribution in [-0.2, 0) is 9.47 Å². The van der Waals surface area contributed by atoms with Crippen LogP contribution >= 0.6 is 11.3 Å². The maximum Gasteiger partial charge on any atom is 0.509 e. The van der Waals surface area contributed by atoms with Crippen molar-refractivity contribution in [2.75, 3.05) is 13.2 Å². The Morgan fingerprint density at radius 1 is 0.951 bits per heavy atom. The van der Waals surface area contributed by atoms with Gasteiger partial charge in [-0.25, -0.2) is 4.79 Å². The fourth-order valence-corrected chi connectivity index (χ4v) is 10.7. The van der Waals surface area contributed by atoms with Gasteiger partial charge in [-0.15, -0.1) is 11.3 Å². The lowest BCUT2D eigenvalue weighted by atomic mass is 9.47. The van der Waals surface area contributed by atoms with Crippen molar-refractivity contribution >= 4 is 17.5 Å². The molecule has 1 aromatic rings. The van der Waals surface area contributed by atoms with Gasteiger partial charge in [-0.1, -0.05) is 65.5 Å². The Morgan fingerprint density at radius 3 is 2.41 bits per heavy atom. The average Bonchev–Trinajstić information content (AvgIpc) is 3.48. The Balaban J connectivity index is 1.05. The van der Waals surface area contributed by atoms with Crippen LogP contribution in [0.15, 0.2) is 22.4 Å². The zero-order valence-corrected chi connectivity index (χ0v) is 26.8. The number of hydrogen-bond donors (Lipinski definition) is 0. The molecule has 0 saturated heterocycles. The summed E-state index contributed by atoms with van der Waals surface area (Å²) in [4.78, 5) is 12.7. The Kier molecular flexibility index (Phi) is 8.44. The molecular weight excluding hydrogens is 532 g/mol. The molecule has 0 bridgehead atoms. The minimum Gasteiger partial charge on any atom is -0.485 e. The molecule has 4 aliphatic carbocycles. The number of carbonyl (C=O) groups excluding carboxylic acids is 1. The van der Waals surface area contributed by atoms with E-state index in [0.717, 1.165) is 66.3 Å². The summed E-state index contributed by atoms with van der Waals surface area (Å²) >= 11 is 1.54. The summed E-state index contributed by atoms with van der Waals surface area (Å²) in [5.74, 6) is 6.45. The number of hydrogen-bond acceptors (Lipinski definition) is 6. The van der Waals surface area contributed by atoms with Gasteiger partial charge in [0.2, 0.25) is 0 Å². The van der Waals surface area contributed by atoms with Gasteiger partial charge in [0, 0.05) is 17.2 Å². The highest BCUT2D eigenvalue weighted by Gasteiger charge is 2.59. The molecule has 1 aromatic heterocycles. The van der Waals surface area contributed by atoms with Crippen molar-refractivity contribution in [1.82, 2.24) is 0 Å². The summed E-state index contributed by atoms with van der Waals surface area (Å²) in [6.45, 7) is 13.1. The van der Waals surface area contributed by atoms with Crippen LogP contribution in [0.3, 0.4) is 0 Å². The van der Waals surface area contributed by atoms with Crippen molar-refractivity contribution in [1.29, 1.82) is 0 Å². The second-order valence-corrected chi connectivity index (χ2v) is 15.7. The fourth-order valence-electron chi connectivity index (χ4n) is 10.0. The predicted molar refractivity (Wildman–Crippen MR) is 163 cm³/mol. The zero-order chi connectivity index (χ0) is 28.8. The molecule has 0 aromatic carbocycles. The first kappa shape index (κ1) is 29.4. The Bertz CT molecular complexity index is 1090. The average molecular weight is 585 g/mol. The molecule has 0 N–H and O–H groups in total. The molecule has 0 amide bonds. The van der Waals surface area contributed by atoms with Crippen molar-refractivity contribution in [3.8, 4) is 11.5 Å². The molecule has 5 nitrogen and oxygen atoms in total. The van der Waals surface area contributed by atoms with Crippen LogP contribution in [0.2, 0.25) is 0 Å². The minimum absolute atomic E-state index is 0.108. The Morgan fingerprint density at radius 2 is 1.68 bits per heavy atom. The summed E-state index contributed by atoms with van der Waals surface area (Å²) < 4.78 is 23.0. The lowest BCUT2D eigenvalue weighted by molar-refractivity contribution is -0.0659. The Labute approximate surface area is 251 Å². The van der Waals surface area contributed by atoms with Crippen LogP contribution in [0, 0.1) is 46.3 Å².